The van der Waals surface area contributed by atoms with Gasteiger partial charge in [0.05, 0.1) is 16.6 Å². The fraction of sp³-hybridized carbons (Fsp3) is 0.176. The molecule has 0 saturated heterocycles. The molecule has 0 aliphatic carbocycles. The maximum Gasteiger partial charge on any atom is 0.149 e. The van der Waals surface area contributed by atoms with Gasteiger partial charge in [0.1, 0.15) is 11.9 Å². The Morgan fingerprint density at radius 2 is 2.10 bits per heavy atom. The van der Waals surface area contributed by atoms with Crippen LogP contribution in [0.1, 0.15) is 22.8 Å². The molecule has 0 fully saturated rings. The Morgan fingerprint density at radius 1 is 1.33 bits per heavy atom. The zero-order valence-electron chi connectivity index (χ0n) is 12.3. The molecule has 4 heteroatoms. The first-order valence-electron chi connectivity index (χ1n) is 6.80. The average Bonchev–Trinajstić information content (AvgIpc) is 3.02. The lowest BCUT2D eigenvalue weighted by atomic mass is 10.1. The van der Waals surface area contributed by atoms with Crippen molar-refractivity contribution in [2.75, 3.05) is 0 Å². The molecule has 1 N–H and O–H groups in total. The van der Waals surface area contributed by atoms with Gasteiger partial charge in [-0.05, 0) is 43.7 Å². The van der Waals surface area contributed by atoms with Crippen LogP contribution in [0.4, 0.5) is 0 Å². The molecule has 0 atom stereocenters. The number of aromatic nitrogens is 3. The number of imidazole rings is 1. The Kier molecular flexibility index (Phi) is 3.11. The number of hydrogen-bond acceptors (Lipinski definition) is 2. The van der Waals surface area contributed by atoms with Crippen molar-refractivity contribution in [3.05, 3.63) is 53.1 Å². The van der Waals surface area contributed by atoms with Gasteiger partial charge in [-0.25, -0.2) is 4.98 Å². The van der Waals surface area contributed by atoms with E-state index in [1.807, 2.05) is 44.3 Å². The molecule has 104 valence electrons. The molecule has 1 aromatic carbocycles. The molecule has 0 unspecified atom stereocenters. The molecule has 2 heterocycles. The third-order valence-electron chi connectivity index (χ3n) is 3.88. The fourth-order valence-corrected chi connectivity index (χ4v) is 2.42. The molecule has 0 radical (unpaired) electrons. The van der Waals surface area contributed by atoms with Gasteiger partial charge in [0.15, 0.2) is 0 Å². The van der Waals surface area contributed by atoms with E-state index in [0.29, 0.717) is 11.4 Å². The highest BCUT2D eigenvalue weighted by Crippen LogP contribution is 2.22. The van der Waals surface area contributed by atoms with E-state index in [1.165, 1.54) is 5.69 Å². The molecule has 2 aromatic heterocycles. The SMILES string of the molecule is Cc1cc(/C=C(/C#N)c2nc3ccccc3[nH]2)c(C)n1C. The third-order valence-corrected chi connectivity index (χ3v) is 3.88. The molecule has 3 rings (SSSR count). The molecule has 0 spiro atoms. The summed E-state index contributed by atoms with van der Waals surface area (Å²) in [6.07, 6.45) is 1.89. The minimum absolute atomic E-state index is 0.542. The quantitative estimate of drug-likeness (QED) is 0.727. The molecule has 0 saturated carbocycles. The van der Waals surface area contributed by atoms with E-state index in [-0.39, 0.29) is 0 Å². The zero-order chi connectivity index (χ0) is 15.0. The van der Waals surface area contributed by atoms with Gasteiger partial charge < -0.3 is 9.55 Å². The standard InChI is InChI=1S/C17H16N4/c1-11-8-13(12(2)21(11)3)9-14(10-18)17-19-15-6-4-5-7-16(15)20-17/h4-9H,1-3H3,(H,19,20)/b14-9-. The second-order valence-electron chi connectivity index (χ2n) is 5.16. The summed E-state index contributed by atoms with van der Waals surface area (Å²) >= 11 is 0. The monoisotopic (exact) mass is 276 g/mol. The van der Waals surface area contributed by atoms with E-state index in [2.05, 4.69) is 33.6 Å². The van der Waals surface area contributed by atoms with Crippen molar-refractivity contribution in [2.45, 2.75) is 13.8 Å². The second kappa shape index (κ2) is 4.95. The first kappa shape index (κ1) is 13.2. The number of hydrogen-bond donors (Lipinski definition) is 1. The number of nitrogens with one attached hydrogen (secondary N) is 1. The van der Waals surface area contributed by atoms with Crippen LogP contribution in [0.5, 0.6) is 0 Å². The summed E-state index contributed by atoms with van der Waals surface area (Å²) in [6, 6.07) is 12.1. The summed E-state index contributed by atoms with van der Waals surface area (Å²) in [4.78, 5) is 7.68. The lowest BCUT2D eigenvalue weighted by Crippen LogP contribution is -1.93. The molecule has 0 bridgehead atoms. The van der Waals surface area contributed by atoms with E-state index in [4.69, 9.17) is 0 Å². The highest BCUT2D eigenvalue weighted by atomic mass is 14.9. The maximum absolute atomic E-state index is 9.45. The number of fused-ring (bicyclic) bond motifs is 1. The largest absolute Gasteiger partial charge is 0.352 e. The molecule has 21 heavy (non-hydrogen) atoms. The van der Waals surface area contributed by atoms with Crippen LogP contribution in [-0.2, 0) is 7.05 Å². The van der Waals surface area contributed by atoms with Crippen LogP contribution >= 0.6 is 0 Å². The molecule has 0 aliphatic rings. The van der Waals surface area contributed by atoms with Crippen molar-refractivity contribution >= 4 is 22.7 Å². The summed E-state index contributed by atoms with van der Waals surface area (Å²) in [7, 11) is 2.02. The minimum Gasteiger partial charge on any atom is -0.352 e. The van der Waals surface area contributed by atoms with Crippen LogP contribution in [0, 0.1) is 25.2 Å². The number of nitrogens with zero attached hydrogens (tertiary/aromatic N) is 3. The first-order chi connectivity index (χ1) is 10.1. The van der Waals surface area contributed by atoms with Crippen LogP contribution in [0.3, 0.4) is 0 Å². The minimum atomic E-state index is 0.542. The van der Waals surface area contributed by atoms with Crippen LogP contribution < -0.4 is 0 Å². The number of rotatable bonds is 2. The second-order valence-corrected chi connectivity index (χ2v) is 5.16. The van der Waals surface area contributed by atoms with Gasteiger partial charge in [-0.1, -0.05) is 12.1 Å². The van der Waals surface area contributed by atoms with E-state index < -0.39 is 0 Å². The van der Waals surface area contributed by atoms with Gasteiger partial charge in [-0.2, -0.15) is 5.26 Å². The van der Waals surface area contributed by atoms with Crippen LogP contribution in [-0.4, -0.2) is 14.5 Å². The lowest BCUT2D eigenvalue weighted by Gasteiger charge is -1.99. The predicted octanol–water partition coefficient (Wildman–Crippen LogP) is 3.58. The van der Waals surface area contributed by atoms with Crippen molar-refractivity contribution in [3.8, 4) is 6.07 Å². The molecular weight excluding hydrogens is 260 g/mol. The number of aryl methyl sites for hydroxylation is 1. The lowest BCUT2D eigenvalue weighted by molar-refractivity contribution is 0.843. The van der Waals surface area contributed by atoms with E-state index in [0.717, 1.165) is 22.3 Å². The van der Waals surface area contributed by atoms with Gasteiger partial charge in [-0.3, -0.25) is 0 Å². The number of nitriles is 1. The van der Waals surface area contributed by atoms with Gasteiger partial charge in [0.25, 0.3) is 0 Å². The average molecular weight is 276 g/mol. The molecule has 4 nitrogen and oxygen atoms in total. The zero-order valence-corrected chi connectivity index (χ0v) is 12.3. The maximum atomic E-state index is 9.45. The molecular formula is C17H16N4. The molecule has 3 aromatic rings. The van der Waals surface area contributed by atoms with E-state index >= 15 is 0 Å². The van der Waals surface area contributed by atoms with E-state index in [9.17, 15) is 5.26 Å². The highest BCUT2D eigenvalue weighted by Gasteiger charge is 2.10. The van der Waals surface area contributed by atoms with Crippen molar-refractivity contribution in [3.63, 3.8) is 0 Å². The van der Waals surface area contributed by atoms with Crippen molar-refractivity contribution in [1.29, 1.82) is 5.26 Å². The van der Waals surface area contributed by atoms with Crippen LogP contribution in [0.2, 0.25) is 0 Å². The van der Waals surface area contributed by atoms with Crippen LogP contribution in [0.25, 0.3) is 22.7 Å². The van der Waals surface area contributed by atoms with Crippen molar-refractivity contribution in [1.82, 2.24) is 14.5 Å². The molecule has 0 amide bonds. The summed E-state index contributed by atoms with van der Waals surface area (Å²) in [6.45, 7) is 4.10. The topological polar surface area (TPSA) is 57.4 Å². The Labute approximate surface area is 123 Å². The molecule has 0 aliphatic heterocycles. The summed E-state index contributed by atoms with van der Waals surface area (Å²) in [5.41, 5.74) is 5.70. The normalized spacial score (nSPS) is 11.8. The van der Waals surface area contributed by atoms with Gasteiger partial charge >= 0.3 is 0 Å². The smallest absolute Gasteiger partial charge is 0.149 e. The summed E-state index contributed by atoms with van der Waals surface area (Å²) in [5.74, 6) is 0.611. The highest BCUT2D eigenvalue weighted by molar-refractivity contribution is 5.90. The predicted molar refractivity (Wildman–Crippen MR) is 84.5 cm³/mol. The van der Waals surface area contributed by atoms with Gasteiger partial charge in [0.2, 0.25) is 0 Å². The van der Waals surface area contributed by atoms with Crippen LogP contribution in [0.15, 0.2) is 30.3 Å². The van der Waals surface area contributed by atoms with E-state index in [1.54, 1.807) is 0 Å². The number of para-hydroxylation sites is 2. The Morgan fingerprint density at radius 3 is 2.71 bits per heavy atom. The number of benzene rings is 1. The third kappa shape index (κ3) is 2.23. The number of allylic oxidation sites excluding steroid dienone is 1. The number of H-pyrrole nitrogens is 1. The van der Waals surface area contributed by atoms with Crippen molar-refractivity contribution in [2.24, 2.45) is 7.05 Å². The Hall–Kier alpha value is -2.80. The summed E-state index contributed by atoms with van der Waals surface area (Å²) in [5, 5.41) is 9.45. The Balaban J connectivity index is 2.11. The Bertz CT molecular complexity index is 854. The number of aromatic amines is 1. The summed E-state index contributed by atoms with van der Waals surface area (Å²) < 4.78 is 2.11. The van der Waals surface area contributed by atoms with Gasteiger partial charge in [-0.15, -0.1) is 0 Å². The van der Waals surface area contributed by atoms with Crippen molar-refractivity contribution < 1.29 is 0 Å². The first-order valence-corrected chi connectivity index (χ1v) is 6.80. The fourth-order valence-electron chi connectivity index (χ4n) is 2.42. The van der Waals surface area contributed by atoms with Gasteiger partial charge in [0, 0.05) is 18.4 Å².